The number of benzene rings is 1. The van der Waals surface area contributed by atoms with E-state index in [0.29, 0.717) is 17.1 Å². The van der Waals surface area contributed by atoms with Crippen LogP contribution in [0.4, 0.5) is 5.95 Å². The molecule has 2 N–H and O–H groups in total. The first-order chi connectivity index (χ1) is 8.44. The largest absolute Gasteiger partial charge is 0.369 e. The number of para-hydroxylation sites is 1. The summed E-state index contributed by atoms with van der Waals surface area (Å²) in [5.41, 5.74) is 7.15. The second kappa shape index (κ2) is 4.78. The molecule has 0 fully saturated rings. The van der Waals surface area contributed by atoms with Crippen LogP contribution in [0, 0.1) is 0 Å². The van der Waals surface area contributed by atoms with E-state index in [4.69, 9.17) is 17.3 Å². The van der Waals surface area contributed by atoms with E-state index in [1.54, 1.807) is 23.6 Å². The number of hydrogen-bond donors (Lipinski definition) is 1. The van der Waals surface area contributed by atoms with E-state index >= 15 is 0 Å². The van der Waals surface area contributed by atoms with E-state index in [1.807, 2.05) is 6.07 Å². The quantitative estimate of drug-likeness (QED) is 0.928. The second-order valence-corrected chi connectivity index (χ2v) is 6.85. The van der Waals surface area contributed by atoms with Gasteiger partial charge in [-0.25, -0.2) is 13.4 Å². The smallest absolute Gasteiger partial charge is 0.201 e. The van der Waals surface area contributed by atoms with Crippen LogP contribution in [0.2, 0.25) is 5.02 Å². The van der Waals surface area contributed by atoms with Crippen molar-refractivity contribution in [2.45, 2.75) is 13.5 Å². The average Bonchev–Trinajstić information content (AvgIpc) is 2.65. The van der Waals surface area contributed by atoms with Gasteiger partial charge in [0.25, 0.3) is 0 Å². The summed E-state index contributed by atoms with van der Waals surface area (Å²) in [6.45, 7) is 1.92. The summed E-state index contributed by atoms with van der Waals surface area (Å²) in [6.07, 6.45) is 0. The molecule has 1 aromatic heterocycles. The Morgan fingerprint density at radius 2 is 2.17 bits per heavy atom. The number of imidazole rings is 1. The maximum atomic E-state index is 11.5. The van der Waals surface area contributed by atoms with Gasteiger partial charge in [-0.3, -0.25) is 0 Å². The van der Waals surface area contributed by atoms with Crippen LogP contribution in [0.25, 0.3) is 11.0 Å². The summed E-state index contributed by atoms with van der Waals surface area (Å²) in [4.78, 5) is 4.15. The lowest BCUT2D eigenvalue weighted by Gasteiger charge is -2.06. The third-order valence-electron chi connectivity index (χ3n) is 2.82. The molecule has 1 heterocycles. The highest BCUT2D eigenvalue weighted by atomic mass is 35.5. The zero-order valence-corrected chi connectivity index (χ0v) is 11.5. The third-order valence-corrected chi connectivity index (χ3v) is 4.81. The van der Waals surface area contributed by atoms with Crippen molar-refractivity contribution in [3.05, 3.63) is 23.2 Å². The van der Waals surface area contributed by atoms with Crippen LogP contribution in [0.3, 0.4) is 0 Å². The molecule has 0 radical (unpaired) electrons. The third kappa shape index (κ3) is 2.44. The minimum atomic E-state index is -3.03. The topological polar surface area (TPSA) is 78.0 Å². The molecule has 18 heavy (non-hydrogen) atoms. The van der Waals surface area contributed by atoms with E-state index in [-0.39, 0.29) is 17.5 Å². The van der Waals surface area contributed by atoms with Crippen molar-refractivity contribution < 1.29 is 8.42 Å². The fourth-order valence-electron chi connectivity index (χ4n) is 1.74. The van der Waals surface area contributed by atoms with E-state index in [1.165, 1.54) is 0 Å². The van der Waals surface area contributed by atoms with Crippen LogP contribution >= 0.6 is 11.6 Å². The van der Waals surface area contributed by atoms with Crippen molar-refractivity contribution in [3.63, 3.8) is 0 Å². The van der Waals surface area contributed by atoms with Crippen LogP contribution in [0.1, 0.15) is 6.92 Å². The first-order valence-corrected chi connectivity index (χ1v) is 7.75. The summed E-state index contributed by atoms with van der Waals surface area (Å²) in [5, 5.41) is 0.510. The van der Waals surface area contributed by atoms with Gasteiger partial charge >= 0.3 is 0 Å². The number of nitrogens with two attached hydrogens (primary N) is 1. The summed E-state index contributed by atoms with van der Waals surface area (Å²) >= 11 is 6.01. The molecule has 7 heteroatoms. The van der Waals surface area contributed by atoms with Crippen LogP contribution in [-0.4, -0.2) is 29.5 Å². The lowest BCUT2D eigenvalue weighted by atomic mass is 10.3. The highest BCUT2D eigenvalue weighted by molar-refractivity contribution is 7.91. The van der Waals surface area contributed by atoms with E-state index in [9.17, 15) is 8.42 Å². The predicted octanol–water partition coefficient (Wildman–Crippen LogP) is 1.71. The van der Waals surface area contributed by atoms with E-state index in [2.05, 4.69) is 4.98 Å². The van der Waals surface area contributed by atoms with E-state index in [0.717, 1.165) is 5.52 Å². The molecule has 0 unspecified atom stereocenters. The molecule has 0 saturated carbocycles. The summed E-state index contributed by atoms with van der Waals surface area (Å²) in [5.74, 6) is 0.454. The molecular formula is C11H14ClN3O2S. The van der Waals surface area contributed by atoms with E-state index < -0.39 is 9.84 Å². The number of aryl methyl sites for hydroxylation is 1. The molecule has 0 aliphatic carbocycles. The molecule has 2 rings (SSSR count). The number of aromatic nitrogens is 2. The van der Waals surface area contributed by atoms with Crippen LogP contribution in [0.5, 0.6) is 0 Å². The molecule has 0 bridgehead atoms. The number of nitrogen functional groups attached to an aromatic ring is 1. The average molecular weight is 288 g/mol. The molecule has 98 valence electrons. The Labute approximate surface area is 110 Å². The standard InChI is InChI=1S/C11H14ClN3O2S/c1-2-18(16,17)7-6-15-9-5-3-4-8(12)10(9)14-11(15)13/h3-5H,2,6-7H2,1H3,(H2,13,14). The summed E-state index contributed by atoms with van der Waals surface area (Å²) < 4.78 is 24.7. The maximum Gasteiger partial charge on any atom is 0.201 e. The van der Waals surface area contributed by atoms with Crippen molar-refractivity contribution >= 4 is 38.4 Å². The van der Waals surface area contributed by atoms with Crippen molar-refractivity contribution in [2.24, 2.45) is 0 Å². The Balaban J connectivity index is 2.40. The Bertz CT molecular complexity index is 679. The fraction of sp³-hybridized carbons (Fsp3) is 0.364. The highest BCUT2D eigenvalue weighted by Crippen LogP contribution is 2.24. The molecule has 0 amide bonds. The predicted molar refractivity (Wildman–Crippen MR) is 73.5 cm³/mol. The minimum Gasteiger partial charge on any atom is -0.369 e. The first kappa shape index (κ1) is 13.2. The Morgan fingerprint density at radius 3 is 2.83 bits per heavy atom. The van der Waals surface area contributed by atoms with Gasteiger partial charge in [0.05, 0.1) is 16.3 Å². The Hall–Kier alpha value is -1.27. The molecule has 0 spiro atoms. The van der Waals surface area contributed by atoms with Crippen LogP contribution < -0.4 is 5.73 Å². The zero-order chi connectivity index (χ0) is 13.3. The monoisotopic (exact) mass is 287 g/mol. The van der Waals surface area contributed by atoms with Crippen molar-refractivity contribution in [3.8, 4) is 0 Å². The van der Waals surface area contributed by atoms with Gasteiger partial charge in [0.1, 0.15) is 5.52 Å². The summed E-state index contributed by atoms with van der Waals surface area (Å²) in [6, 6.07) is 5.34. The number of rotatable bonds is 4. The highest BCUT2D eigenvalue weighted by Gasteiger charge is 2.13. The summed E-state index contributed by atoms with van der Waals surface area (Å²) in [7, 11) is -3.03. The van der Waals surface area contributed by atoms with Gasteiger partial charge in [-0.05, 0) is 12.1 Å². The molecule has 1 aromatic carbocycles. The normalized spacial score (nSPS) is 12.1. The first-order valence-electron chi connectivity index (χ1n) is 5.55. The SMILES string of the molecule is CCS(=O)(=O)CCn1c(N)nc2c(Cl)cccc21. The number of halogens is 1. The zero-order valence-electron chi connectivity index (χ0n) is 9.93. The van der Waals surface area contributed by atoms with Gasteiger partial charge in [0, 0.05) is 12.3 Å². The van der Waals surface area contributed by atoms with Gasteiger partial charge < -0.3 is 10.3 Å². The van der Waals surface area contributed by atoms with Gasteiger partial charge in [0.15, 0.2) is 9.84 Å². The van der Waals surface area contributed by atoms with Gasteiger partial charge in [-0.2, -0.15) is 0 Å². The number of hydrogen-bond acceptors (Lipinski definition) is 4. The van der Waals surface area contributed by atoms with Gasteiger partial charge in [-0.15, -0.1) is 0 Å². The fourth-order valence-corrected chi connectivity index (χ4v) is 2.70. The van der Waals surface area contributed by atoms with Crippen molar-refractivity contribution in [1.82, 2.24) is 9.55 Å². The second-order valence-electron chi connectivity index (χ2n) is 3.97. The molecule has 0 aliphatic heterocycles. The Kier molecular flexibility index (Phi) is 3.49. The van der Waals surface area contributed by atoms with Gasteiger partial charge in [0.2, 0.25) is 5.95 Å². The van der Waals surface area contributed by atoms with Crippen molar-refractivity contribution in [1.29, 1.82) is 0 Å². The van der Waals surface area contributed by atoms with Gasteiger partial charge in [-0.1, -0.05) is 24.6 Å². The molecule has 0 saturated heterocycles. The lowest BCUT2D eigenvalue weighted by molar-refractivity contribution is 0.591. The number of anilines is 1. The maximum absolute atomic E-state index is 11.5. The van der Waals surface area contributed by atoms with Crippen LogP contribution in [0.15, 0.2) is 18.2 Å². The molecule has 0 atom stereocenters. The minimum absolute atomic E-state index is 0.0473. The molecule has 0 aliphatic rings. The molecular weight excluding hydrogens is 274 g/mol. The number of nitrogens with zero attached hydrogens (tertiary/aromatic N) is 2. The molecule has 2 aromatic rings. The number of fused-ring (bicyclic) bond motifs is 1. The Morgan fingerprint density at radius 1 is 1.44 bits per heavy atom. The number of sulfone groups is 1. The lowest BCUT2D eigenvalue weighted by Crippen LogP contribution is -2.15. The molecule has 5 nitrogen and oxygen atoms in total. The van der Waals surface area contributed by atoms with Crippen molar-refractivity contribution in [2.75, 3.05) is 17.2 Å². The van der Waals surface area contributed by atoms with Crippen LogP contribution in [-0.2, 0) is 16.4 Å².